The topological polar surface area (TPSA) is 102 Å². The predicted octanol–water partition coefficient (Wildman–Crippen LogP) is 3.89. The highest BCUT2D eigenvalue weighted by Gasteiger charge is 2.24. The van der Waals surface area contributed by atoms with E-state index in [0.717, 1.165) is 0 Å². The highest BCUT2D eigenvalue weighted by molar-refractivity contribution is 7.90. The number of nitrogen functional groups attached to an aromatic ring is 1. The number of halogens is 1. The second-order valence-electron chi connectivity index (χ2n) is 7.86. The molecule has 0 saturated carbocycles. The number of nitrogens with one attached hydrogen (secondary N) is 1. The molecule has 2 aromatic carbocycles. The molecule has 8 heteroatoms. The molecule has 0 aliphatic heterocycles. The molecule has 0 saturated heterocycles. The lowest BCUT2D eigenvalue weighted by atomic mass is 9.90. The lowest BCUT2D eigenvalue weighted by Gasteiger charge is -2.20. The number of hydrogen-bond acceptors (Lipinski definition) is 5. The molecule has 0 atom stereocenters. The molecular formula is C22H22FN3O3S. The minimum Gasteiger partial charge on any atom is -0.399 e. The van der Waals surface area contributed by atoms with Crippen LogP contribution in [0.15, 0.2) is 65.6 Å². The Morgan fingerprint density at radius 3 is 2.30 bits per heavy atom. The molecule has 3 aromatic rings. The van der Waals surface area contributed by atoms with Gasteiger partial charge in [-0.1, -0.05) is 26.8 Å². The maximum atomic E-state index is 13.4. The highest BCUT2D eigenvalue weighted by Crippen LogP contribution is 2.28. The number of nitrogens with two attached hydrogens (primary N) is 1. The first kappa shape index (κ1) is 21.4. The van der Waals surface area contributed by atoms with Crippen molar-refractivity contribution < 1.29 is 17.6 Å². The quantitative estimate of drug-likeness (QED) is 0.615. The van der Waals surface area contributed by atoms with Crippen molar-refractivity contribution in [3.63, 3.8) is 0 Å². The van der Waals surface area contributed by atoms with Crippen molar-refractivity contribution in [2.45, 2.75) is 31.1 Å². The van der Waals surface area contributed by atoms with E-state index in [1.165, 1.54) is 48.5 Å². The Morgan fingerprint density at radius 1 is 1.03 bits per heavy atom. The van der Waals surface area contributed by atoms with Gasteiger partial charge in [0.05, 0.1) is 16.2 Å². The number of anilines is 1. The van der Waals surface area contributed by atoms with Crippen LogP contribution in [0.25, 0.3) is 11.3 Å². The molecule has 0 fully saturated rings. The normalized spacial score (nSPS) is 11.9. The summed E-state index contributed by atoms with van der Waals surface area (Å²) < 4.78 is 40.7. The van der Waals surface area contributed by atoms with Crippen molar-refractivity contribution in [3.05, 3.63) is 77.7 Å². The largest absolute Gasteiger partial charge is 0.399 e. The number of rotatable bonds is 4. The number of sulfonamides is 1. The van der Waals surface area contributed by atoms with E-state index in [-0.39, 0.29) is 27.3 Å². The SMILES string of the molecule is CC(C)(C)c1ccc(C(=O)NS(=O)(=O)c2cccc(N)c2)c(-c2ccc(F)cc2)n1. The zero-order chi connectivity index (χ0) is 22.1. The summed E-state index contributed by atoms with van der Waals surface area (Å²) in [4.78, 5) is 17.4. The van der Waals surface area contributed by atoms with Crippen molar-refractivity contribution in [2.24, 2.45) is 0 Å². The highest BCUT2D eigenvalue weighted by atomic mass is 32.2. The Balaban J connectivity index is 2.06. The van der Waals surface area contributed by atoms with Crippen LogP contribution in [0.3, 0.4) is 0 Å². The minimum absolute atomic E-state index is 0.0575. The maximum Gasteiger partial charge on any atom is 0.267 e. The minimum atomic E-state index is -4.14. The van der Waals surface area contributed by atoms with E-state index in [2.05, 4.69) is 9.71 Å². The fourth-order valence-electron chi connectivity index (χ4n) is 2.81. The van der Waals surface area contributed by atoms with Gasteiger partial charge in [0, 0.05) is 22.4 Å². The number of carbonyl (C=O) groups excluding carboxylic acids is 1. The van der Waals surface area contributed by atoms with Gasteiger partial charge in [-0.25, -0.2) is 17.5 Å². The van der Waals surface area contributed by atoms with Crippen LogP contribution in [0.4, 0.5) is 10.1 Å². The van der Waals surface area contributed by atoms with E-state index >= 15 is 0 Å². The number of benzene rings is 2. The fourth-order valence-corrected chi connectivity index (χ4v) is 3.83. The zero-order valence-electron chi connectivity index (χ0n) is 16.8. The molecule has 1 amide bonds. The Labute approximate surface area is 175 Å². The molecule has 6 nitrogen and oxygen atoms in total. The zero-order valence-corrected chi connectivity index (χ0v) is 17.6. The summed E-state index contributed by atoms with van der Waals surface area (Å²) in [5, 5.41) is 0. The average molecular weight is 428 g/mol. The molecule has 3 N–H and O–H groups in total. The first-order chi connectivity index (χ1) is 14.0. The van der Waals surface area contributed by atoms with Crippen LogP contribution in [0.5, 0.6) is 0 Å². The van der Waals surface area contributed by atoms with Gasteiger partial charge in [0.2, 0.25) is 0 Å². The molecule has 156 valence electrons. The predicted molar refractivity (Wildman–Crippen MR) is 114 cm³/mol. The number of nitrogens with zero attached hydrogens (tertiary/aromatic N) is 1. The molecule has 30 heavy (non-hydrogen) atoms. The Hall–Kier alpha value is -3.26. The van der Waals surface area contributed by atoms with Gasteiger partial charge in [0.15, 0.2) is 0 Å². The second kappa shape index (κ2) is 7.87. The Morgan fingerprint density at radius 2 is 1.70 bits per heavy atom. The summed E-state index contributed by atoms with van der Waals surface area (Å²) in [5.74, 6) is -1.27. The standard InChI is InChI=1S/C22H22FN3O3S/c1-22(2,3)19-12-11-18(20(25-19)14-7-9-15(23)10-8-14)21(27)26-30(28,29)17-6-4-5-16(24)13-17/h4-13H,24H2,1-3H3,(H,26,27). The van der Waals surface area contributed by atoms with Crippen LogP contribution >= 0.6 is 0 Å². The molecule has 0 aliphatic carbocycles. The summed E-state index contributed by atoms with van der Waals surface area (Å²) >= 11 is 0. The number of hydrogen-bond donors (Lipinski definition) is 2. The Bertz CT molecular complexity index is 1200. The van der Waals surface area contributed by atoms with E-state index in [9.17, 15) is 17.6 Å². The van der Waals surface area contributed by atoms with Gasteiger partial charge in [-0.3, -0.25) is 9.78 Å². The molecule has 0 radical (unpaired) electrons. The Kier molecular flexibility index (Phi) is 5.63. The van der Waals surface area contributed by atoms with Crippen molar-refractivity contribution >= 4 is 21.6 Å². The summed E-state index contributed by atoms with van der Waals surface area (Å²) in [6.07, 6.45) is 0. The van der Waals surface area contributed by atoms with Gasteiger partial charge in [0.1, 0.15) is 5.82 Å². The summed E-state index contributed by atoms with van der Waals surface area (Å²) in [6, 6.07) is 14.3. The van der Waals surface area contributed by atoms with Gasteiger partial charge in [-0.2, -0.15) is 0 Å². The van der Waals surface area contributed by atoms with E-state index in [4.69, 9.17) is 5.73 Å². The van der Waals surface area contributed by atoms with Crippen LogP contribution in [-0.2, 0) is 15.4 Å². The summed E-state index contributed by atoms with van der Waals surface area (Å²) in [6.45, 7) is 5.90. The number of carbonyl (C=O) groups is 1. The van der Waals surface area contributed by atoms with Crippen molar-refractivity contribution in [2.75, 3.05) is 5.73 Å². The van der Waals surface area contributed by atoms with Gasteiger partial charge >= 0.3 is 0 Å². The third-order valence-corrected chi connectivity index (χ3v) is 5.75. The summed E-state index contributed by atoms with van der Waals surface area (Å²) in [7, 11) is -4.14. The van der Waals surface area contributed by atoms with Crippen molar-refractivity contribution in [3.8, 4) is 11.3 Å². The van der Waals surface area contributed by atoms with Gasteiger partial charge in [-0.05, 0) is 54.6 Å². The first-order valence-electron chi connectivity index (χ1n) is 9.17. The van der Waals surface area contributed by atoms with E-state index in [0.29, 0.717) is 11.3 Å². The molecule has 0 spiro atoms. The molecular weight excluding hydrogens is 405 g/mol. The van der Waals surface area contributed by atoms with Gasteiger partial charge < -0.3 is 5.73 Å². The van der Waals surface area contributed by atoms with E-state index in [1.54, 1.807) is 12.1 Å². The molecule has 0 aliphatic rings. The van der Waals surface area contributed by atoms with E-state index in [1.807, 2.05) is 20.8 Å². The van der Waals surface area contributed by atoms with Gasteiger partial charge in [-0.15, -0.1) is 0 Å². The average Bonchev–Trinajstić information content (AvgIpc) is 2.67. The van der Waals surface area contributed by atoms with Gasteiger partial charge in [0.25, 0.3) is 15.9 Å². The fraction of sp³-hybridized carbons (Fsp3) is 0.182. The number of pyridine rings is 1. The first-order valence-corrected chi connectivity index (χ1v) is 10.7. The molecule has 1 heterocycles. The molecule has 1 aromatic heterocycles. The second-order valence-corrected chi connectivity index (χ2v) is 9.54. The van der Waals surface area contributed by atoms with E-state index < -0.39 is 21.7 Å². The third-order valence-electron chi connectivity index (χ3n) is 4.42. The van der Waals surface area contributed by atoms with Crippen LogP contribution in [0, 0.1) is 5.82 Å². The number of amides is 1. The lowest BCUT2D eigenvalue weighted by molar-refractivity contribution is 0.0981. The van der Waals surface area contributed by atoms with Crippen LogP contribution in [0.2, 0.25) is 0 Å². The monoisotopic (exact) mass is 427 g/mol. The van der Waals surface area contributed by atoms with Crippen molar-refractivity contribution in [1.29, 1.82) is 0 Å². The van der Waals surface area contributed by atoms with Crippen LogP contribution in [-0.4, -0.2) is 19.3 Å². The number of aromatic nitrogens is 1. The maximum absolute atomic E-state index is 13.4. The lowest BCUT2D eigenvalue weighted by Crippen LogP contribution is -2.31. The molecule has 3 rings (SSSR count). The van der Waals surface area contributed by atoms with Crippen molar-refractivity contribution in [1.82, 2.24) is 9.71 Å². The third kappa shape index (κ3) is 4.65. The van der Waals surface area contributed by atoms with Crippen LogP contribution in [0.1, 0.15) is 36.8 Å². The molecule has 0 unspecified atom stereocenters. The summed E-state index contributed by atoms with van der Waals surface area (Å²) in [5.41, 5.74) is 7.12. The van der Waals surface area contributed by atoms with Crippen LogP contribution < -0.4 is 10.5 Å². The molecule has 0 bridgehead atoms. The smallest absolute Gasteiger partial charge is 0.267 e.